The fraction of sp³-hybridized carbons (Fsp3) is 0.474. The third-order valence-corrected chi connectivity index (χ3v) is 17.4. The average molecular weight is 632 g/mol. The van der Waals surface area contributed by atoms with Crippen LogP contribution in [0.2, 0.25) is 0 Å². The Labute approximate surface area is 256 Å². The summed E-state index contributed by atoms with van der Waals surface area (Å²) in [5.74, 6) is 1.90. The molecule has 220 valence electrons. The minimum absolute atomic E-state index is 0.0420. The number of allylic oxidation sites excluding steroid dienone is 8. The molecule has 2 aliphatic rings. The third-order valence-electron chi connectivity index (χ3n) is 8.37. The molecule has 0 unspecified atom stereocenters. The summed E-state index contributed by atoms with van der Waals surface area (Å²) in [6.45, 7) is 18.2. The molecule has 0 aromatic heterocycles. The second kappa shape index (κ2) is 13.5. The monoisotopic (exact) mass is 630 g/mol. The van der Waals surface area contributed by atoms with Crippen molar-refractivity contribution in [3.8, 4) is 11.5 Å². The van der Waals surface area contributed by atoms with Gasteiger partial charge >= 0.3 is 258 Å². The van der Waals surface area contributed by atoms with Crippen LogP contribution in [0.3, 0.4) is 0 Å². The van der Waals surface area contributed by atoms with Gasteiger partial charge in [0.15, 0.2) is 0 Å². The van der Waals surface area contributed by atoms with Gasteiger partial charge in [-0.3, -0.25) is 0 Å². The molecule has 41 heavy (non-hydrogen) atoms. The van der Waals surface area contributed by atoms with Crippen molar-refractivity contribution in [2.75, 3.05) is 0 Å². The second-order valence-corrected chi connectivity index (χ2v) is 20.8. The van der Waals surface area contributed by atoms with Gasteiger partial charge in [-0.1, -0.05) is 0 Å². The predicted molar refractivity (Wildman–Crippen MR) is 172 cm³/mol. The standard InChI is InChI=1S/2C10H14O.2C9H13.Zr/c2*1-10(2,3)8-5-4-6-9(11)7-8;2*1-2-3-6-9-7-4-5-8-9;/h2*4-7,11H,1-3H3;2*4,7H,2-3,5-6H2,1H3;/q;;;;+2/p-2. The van der Waals surface area contributed by atoms with E-state index in [1.807, 2.05) is 0 Å². The molecule has 2 aliphatic carbocycles. The average Bonchev–Trinajstić information content (AvgIpc) is 3.60. The van der Waals surface area contributed by atoms with Crippen molar-refractivity contribution in [3.63, 3.8) is 0 Å². The molecule has 0 saturated carbocycles. The van der Waals surface area contributed by atoms with Crippen LogP contribution in [-0.2, 0) is 32.0 Å². The quantitative estimate of drug-likeness (QED) is 0.232. The Morgan fingerprint density at radius 2 is 1.05 bits per heavy atom. The van der Waals surface area contributed by atoms with E-state index < -0.39 is 21.1 Å². The maximum atomic E-state index is 7.55. The number of hydrogen-bond donors (Lipinski definition) is 0. The molecule has 2 nitrogen and oxygen atoms in total. The molecule has 0 spiro atoms. The Kier molecular flexibility index (Phi) is 10.4. The molecule has 0 amide bonds. The Morgan fingerprint density at radius 3 is 1.41 bits per heavy atom. The van der Waals surface area contributed by atoms with E-state index in [0.717, 1.165) is 37.2 Å². The first-order chi connectivity index (χ1) is 19.5. The SMILES string of the molecule is CCCCC1=[C]([Zr]([O]c2cccc(C(C)(C)C)c2)([O]c2cccc(C(C)(C)C)c2)[C]2=C(CCCC)C=CC2)CC=C1. The Bertz CT molecular complexity index is 1220. The van der Waals surface area contributed by atoms with Gasteiger partial charge in [0, 0.05) is 0 Å². The fourth-order valence-electron chi connectivity index (χ4n) is 5.83. The van der Waals surface area contributed by atoms with Crippen molar-refractivity contribution in [2.45, 2.75) is 118 Å². The van der Waals surface area contributed by atoms with Gasteiger partial charge in [-0.25, -0.2) is 0 Å². The number of rotatable bonds is 12. The summed E-state index contributed by atoms with van der Waals surface area (Å²) < 4.78 is 18.0. The van der Waals surface area contributed by atoms with Gasteiger partial charge in [-0.05, 0) is 0 Å². The van der Waals surface area contributed by atoms with Crippen molar-refractivity contribution in [1.82, 2.24) is 0 Å². The van der Waals surface area contributed by atoms with Crippen LogP contribution in [0.5, 0.6) is 11.5 Å². The number of benzene rings is 2. The molecule has 0 atom stereocenters. The molecule has 3 heteroatoms. The zero-order valence-corrected chi connectivity index (χ0v) is 29.4. The minimum atomic E-state index is -4.27. The van der Waals surface area contributed by atoms with E-state index in [1.54, 1.807) is 0 Å². The van der Waals surface area contributed by atoms with Gasteiger partial charge in [0.05, 0.1) is 0 Å². The third kappa shape index (κ3) is 7.64. The molecule has 0 bridgehead atoms. The van der Waals surface area contributed by atoms with E-state index >= 15 is 0 Å². The van der Waals surface area contributed by atoms with Gasteiger partial charge in [0.2, 0.25) is 0 Å². The second-order valence-electron chi connectivity index (χ2n) is 13.8. The van der Waals surface area contributed by atoms with Crippen LogP contribution in [-0.4, -0.2) is 0 Å². The molecular weight excluding hydrogens is 580 g/mol. The number of unbranched alkanes of at least 4 members (excludes halogenated alkanes) is 2. The van der Waals surface area contributed by atoms with Crippen LogP contribution in [0, 0.1) is 0 Å². The van der Waals surface area contributed by atoms with Crippen molar-refractivity contribution < 1.29 is 26.8 Å². The van der Waals surface area contributed by atoms with Gasteiger partial charge in [-0.2, -0.15) is 0 Å². The predicted octanol–water partition coefficient (Wildman–Crippen LogP) is 11.5. The first kappa shape index (κ1) is 31.8. The molecule has 4 rings (SSSR count). The van der Waals surface area contributed by atoms with Crippen LogP contribution in [0.4, 0.5) is 0 Å². The van der Waals surface area contributed by atoms with Crippen LogP contribution in [0.1, 0.15) is 118 Å². The van der Waals surface area contributed by atoms with E-state index in [0.29, 0.717) is 0 Å². The molecule has 0 radical (unpaired) electrons. The molecule has 0 aliphatic heterocycles. The molecule has 0 heterocycles. The first-order valence-electron chi connectivity index (χ1n) is 15.8. The zero-order valence-electron chi connectivity index (χ0n) is 26.9. The normalized spacial score (nSPS) is 15.8. The van der Waals surface area contributed by atoms with Crippen LogP contribution >= 0.6 is 0 Å². The summed E-state index contributed by atoms with van der Waals surface area (Å²) >= 11 is -4.27. The Morgan fingerprint density at radius 1 is 0.634 bits per heavy atom. The van der Waals surface area contributed by atoms with Gasteiger partial charge in [-0.15, -0.1) is 0 Å². The number of hydrogen-bond acceptors (Lipinski definition) is 2. The zero-order chi connectivity index (χ0) is 29.7. The topological polar surface area (TPSA) is 18.5 Å². The van der Waals surface area contributed by atoms with Crippen LogP contribution in [0.15, 0.2) is 90.5 Å². The van der Waals surface area contributed by atoms with Gasteiger partial charge in [0.25, 0.3) is 0 Å². The van der Waals surface area contributed by atoms with Crippen molar-refractivity contribution >= 4 is 0 Å². The summed E-state index contributed by atoms with van der Waals surface area (Å²) in [4.78, 5) is 0. The Balaban J connectivity index is 1.96. The summed E-state index contributed by atoms with van der Waals surface area (Å²) in [5.41, 5.74) is 5.58. The van der Waals surface area contributed by atoms with Crippen molar-refractivity contribution in [1.29, 1.82) is 0 Å². The van der Waals surface area contributed by atoms with E-state index in [2.05, 4.69) is 128 Å². The van der Waals surface area contributed by atoms with E-state index in [9.17, 15) is 0 Å². The summed E-state index contributed by atoms with van der Waals surface area (Å²) in [5, 5.41) is 0. The van der Waals surface area contributed by atoms with Crippen LogP contribution in [0.25, 0.3) is 0 Å². The summed E-state index contributed by atoms with van der Waals surface area (Å²) in [6, 6.07) is 17.6. The van der Waals surface area contributed by atoms with E-state index in [4.69, 9.17) is 5.63 Å². The Hall–Kier alpha value is -2.12. The van der Waals surface area contributed by atoms with Crippen LogP contribution < -0.4 is 5.63 Å². The van der Waals surface area contributed by atoms with E-state index in [-0.39, 0.29) is 10.8 Å². The fourth-order valence-corrected chi connectivity index (χ4v) is 15.3. The van der Waals surface area contributed by atoms with Gasteiger partial charge < -0.3 is 0 Å². The molecule has 2 aromatic carbocycles. The molecule has 0 N–H and O–H groups in total. The first-order valence-corrected chi connectivity index (χ1v) is 20.3. The van der Waals surface area contributed by atoms with Crippen molar-refractivity contribution in [3.05, 3.63) is 102 Å². The van der Waals surface area contributed by atoms with Gasteiger partial charge in [0.1, 0.15) is 0 Å². The molecule has 2 aromatic rings. The molecule has 0 fully saturated rings. The molecule has 0 saturated heterocycles. The van der Waals surface area contributed by atoms with Crippen molar-refractivity contribution in [2.24, 2.45) is 0 Å². The van der Waals surface area contributed by atoms with E-state index in [1.165, 1.54) is 54.5 Å². The summed E-state index contributed by atoms with van der Waals surface area (Å²) in [6.07, 6.45) is 18.2. The molecular formula is C38H52O2Zr. The summed E-state index contributed by atoms with van der Waals surface area (Å²) in [7, 11) is 0. The maximum absolute atomic E-state index is 7.55.